The molecule has 1 aromatic carbocycles. The monoisotopic (exact) mass is 357 g/mol. The Hall–Kier alpha value is -2.80. The lowest BCUT2D eigenvalue weighted by atomic mass is 10.1. The van der Waals surface area contributed by atoms with Gasteiger partial charge in [0.15, 0.2) is 5.13 Å². The molecule has 3 aromatic rings. The molecule has 0 fully saturated rings. The number of carbonyl (C=O) groups excluding carboxylic acids is 2. The first-order valence-electron chi connectivity index (χ1n) is 7.60. The molecule has 0 spiro atoms. The molecule has 0 saturated carbocycles. The third kappa shape index (κ3) is 3.23. The number of aromatic nitrogens is 2. The molecule has 3 rings (SSSR count). The van der Waals surface area contributed by atoms with Crippen molar-refractivity contribution in [1.29, 1.82) is 0 Å². The summed E-state index contributed by atoms with van der Waals surface area (Å²) in [6, 6.07) is 7.89. The molecule has 5 nitrogen and oxygen atoms in total. The number of benzene rings is 1. The SMILES string of the molecule is Cc1csc(NC(=O)C(=O)c2cc(C)n(-c3ccccc3F)c2C)n1. The van der Waals surface area contributed by atoms with Gasteiger partial charge in [-0.05, 0) is 39.0 Å². The summed E-state index contributed by atoms with van der Waals surface area (Å²) < 4.78 is 15.7. The van der Waals surface area contributed by atoms with Crippen LogP contribution in [-0.2, 0) is 4.79 Å². The standard InChI is InChI=1S/C18H16FN3O2S/c1-10-9-25-18(20-10)21-17(24)16(23)13-8-11(2)22(12(13)3)15-7-5-4-6-14(15)19/h4-9H,1-3H3,(H,20,21,24). The van der Waals surface area contributed by atoms with Gasteiger partial charge in [-0.25, -0.2) is 9.37 Å². The van der Waals surface area contributed by atoms with Gasteiger partial charge in [0.1, 0.15) is 5.82 Å². The molecule has 1 amide bonds. The fourth-order valence-corrected chi connectivity index (χ4v) is 3.37. The van der Waals surface area contributed by atoms with Crippen molar-refractivity contribution >= 4 is 28.2 Å². The number of ketones is 1. The zero-order chi connectivity index (χ0) is 18.1. The van der Waals surface area contributed by atoms with Crippen molar-refractivity contribution in [3.05, 3.63) is 64.2 Å². The van der Waals surface area contributed by atoms with E-state index >= 15 is 0 Å². The van der Waals surface area contributed by atoms with Crippen molar-refractivity contribution in [1.82, 2.24) is 9.55 Å². The van der Waals surface area contributed by atoms with Crippen LogP contribution in [0, 0.1) is 26.6 Å². The van der Waals surface area contributed by atoms with E-state index in [2.05, 4.69) is 10.3 Å². The summed E-state index contributed by atoms with van der Waals surface area (Å²) in [5.41, 5.74) is 2.53. The number of carbonyl (C=O) groups is 2. The molecule has 25 heavy (non-hydrogen) atoms. The third-order valence-corrected chi connectivity index (χ3v) is 4.69. The molecule has 0 aliphatic carbocycles. The van der Waals surface area contributed by atoms with Gasteiger partial charge >= 0.3 is 0 Å². The average Bonchev–Trinajstić information content (AvgIpc) is 3.10. The molecule has 7 heteroatoms. The normalized spacial score (nSPS) is 10.7. The van der Waals surface area contributed by atoms with Crippen LogP contribution in [0.3, 0.4) is 0 Å². The molecule has 128 valence electrons. The fraction of sp³-hybridized carbons (Fsp3) is 0.167. The van der Waals surface area contributed by atoms with Crippen molar-refractivity contribution in [2.45, 2.75) is 20.8 Å². The number of rotatable bonds is 4. The highest BCUT2D eigenvalue weighted by Crippen LogP contribution is 2.23. The van der Waals surface area contributed by atoms with Gasteiger partial charge in [-0.15, -0.1) is 11.3 Å². The molecule has 0 aliphatic rings. The summed E-state index contributed by atoms with van der Waals surface area (Å²) >= 11 is 1.25. The van der Waals surface area contributed by atoms with Crippen LogP contribution in [0.4, 0.5) is 9.52 Å². The number of hydrogen-bond donors (Lipinski definition) is 1. The first-order chi connectivity index (χ1) is 11.9. The third-order valence-electron chi connectivity index (χ3n) is 3.81. The molecule has 0 bridgehead atoms. The number of nitrogens with one attached hydrogen (secondary N) is 1. The van der Waals surface area contributed by atoms with Crippen LogP contribution in [0.1, 0.15) is 27.4 Å². The maximum absolute atomic E-state index is 14.1. The number of aryl methyl sites for hydroxylation is 2. The summed E-state index contributed by atoms with van der Waals surface area (Å²) in [7, 11) is 0. The van der Waals surface area contributed by atoms with E-state index in [-0.39, 0.29) is 5.56 Å². The Morgan fingerprint density at radius 2 is 1.92 bits per heavy atom. The molecular weight excluding hydrogens is 341 g/mol. The second kappa shape index (κ2) is 6.60. The van der Waals surface area contributed by atoms with E-state index in [0.717, 1.165) is 5.69 Å². The minimum Gasteiger partial charge on any atom is -0.315 e. The van der Waals surface area contributed by atoms with E-state index in [1.807, 2.05) is 0 Å². The Morgan fingerprint density at radius 3 is 2.56 bits per heavy atom. The molecule has 0 radical (unpaired) electrons. The Bertz CT molecular complexity index is 975. The number of nitrogens with zero attached hydrogens (tertiary/aromatic N) is 2. The summed E-state index contributed by atoms with van der Waals surface area (Å²) in [6.07, 6.45) is 0. The maximum Gasteiger partial charge on any atom is 0.298 e. The lowest BCUT2D eigenvalue weighted by Gasteiger charge is -2.10. The summed E-state index contributed by atoms with van der Waals surface area (Å²) in [4.78, 5) is 28.8. The minimum atomic E-state index is -0.761. The van der Waals surface area contributed by atoms with Crippen LogP contribution in [0.5, 0.6) is 0 Å². The van der Waals surface area contributed by atoms with E-state index in [1.165, 1.54) is 17.4 Å². The van der Waals surface area contributed by atoms with Crippen LogP contribution in [0.2, 0.25) is 0 Å². The van der Waals surface area contributed by atoms with E-state index < -0.39 is 17.5 Å². The average molecular weight is 357 g/mol. The first-order valence-corrected chi connectivity index (χ1v) is 8.48. The van der Waals surface area contributed by atoms with Crippen LogP contribution < -0.4 is 5.32 Å². The van der Waals surface area contributed by atoms with Crippen molar-refractivity contribution < 1.29 is 14.0 Å². The van der Waals surface area contributed by atoms with Gasteiger partial charge in [0, 0.05) is 22.3 Å². The molecule has 2 heterocycles. The largest absolute Gasteiger partial charge is 0.315 e. The van der Waals surface area contributed by atoms with Crippen molar-refractivity contribution in [2.75, 3.05) is 5.32 Å². The van der Waals surface area contributed by atoms with E-state index in [4.69, 9.17) is 0 Å². The highest BCUT2D eigenvalue weighted by molar-refractivity contribution is 7.14. The van der Waals surface area contributed by atoms with Gasteiger partial charge in [0.2, 0.25) is 0 Å². The van der Waals surface area contributed by atoms with Gasteiger partial charge in [-0.2, -0.15) is 0 Å². The number of Topliss-reactive ketones (excluding diaryl/α,β-unsaturated/α-hetero) is 1. The van der Waals surface area contributed by atoms with E-state index in [9.17, 15) is 14.0 Å². The van der Waals surface area contributed by atoms with Crippen LogP contribution in [-0.4, -0.2) is 21.2 Å². The van der Waals surface area contributed by atoms with Gasteiger partial charge in [0.05, 0.1) is 11.4 Å². The molecule has 0 atom stereocenters. The summed E-state index contributed by atoms with van der Waals surface area (Å²) in [6.45, 7) is 5.25. The second-order valence-electron chi connectivity index (χ2n) is 5.65. The van der Waals surface area contributed by atoms with Crippen molar-refractivity contribution in [2.24, 2.45) is 0 Å². The first kappa shape index (κ1) is 17.0. The quantitative estimate of drug-likeness (QED) is 0.570. The number of amides is 1. The molecular formula is C18H16FN3O2S. The molecule has 2 aromatic heterocycles. The Morgan fingerprint density at radius 1 is 1.20 bits per heavy atom. The summed E-state index contributed by atoms with van der Waals surface area (Å²) in [5.74, 6) is -1.84. The van der Waals surface area contributed by atoms with Crippen molar-refractivity contribution in [3.8, 4) is 5.69 Å². The lowest BCUT2D eigenvalue weighted by Crippen LogP contribution is -2.23. The Kier molecular flexibility index (Phi) is 4.50. The van der Waals surface area contributed by atoms with Crippen LogP contribution in [0.25, 0.3) is 5.69 Å². The minimum absolute atomic E-state index is 0.242. The summed E-state index contributed by atoms with van der Waals surface area (Å²) in [5, 5.41) is 4.66. The molecule has 0 aliphatic heterocycles. The highest BCUT2D eigenvalue weighted by atomic mass is 32.1. The second-order valence-corrected chi connectivity index (χ2v) is 6.51. The number of thiazole rings is 1. The van der Waals surface area contributed by atoms with Gasteiger partial charge < -0.3 is 4.57 Å². The van der Waals surface area contributed by atoms with Crippen molar-refractivity contribution in [3.63, 3.8) is 0 Å². The zero-order valence-corrected chi connectivity index (χ0v) is 14.8. The van der Waals surface area contributed by atoms with Crippen LogP contribution in [0.15, 0.2) is 35.7 Å². The molecule has 0 unspecified atom stereocenters. The topological polar surface area (TPSA) is 64.0 Å². The smallest absolute Gasteiger partial charge is 0.298 e. The number of hydrogen-bond acceptors (Lipinski definition) is 4. The number of para-hydroxylation sites is 1. The highest BCUT2D eigenvalue weighted by Gasteiger charge is 2.24. The lowest BCUT2D eigenvalue weighted by molar-refractivity contribution is -0.112. The molecule has 0 saturated heterocycles. The fourth-order valence-electron chi connectivity index (χ4n) is 2.68. The van der Waals surface area contributed by atoms with Crippen LogP contribution >= 0.6 is 11.3 Å². The molecule has 1 N–H and O–H groups in total. The maximum atomic E-state index is 14.1. The van der Waals surface area contributed by atoms with Gasteiger partial charge in [-0.3, -0.25) is 14.9 Å². The van der Waals surface area contributed by atoms with E-state index in [1.54, 1.807) is 55.0 Å². The number of halogens is 1. The predicted molar refractivity (Wildman–Crippen MR) is 95.0 cm³/mol. The predicted octanol–water partition coefficient (Wildman–Crippen LogP) is 3.82. The van der Waals surface area contributed by atoms with Gasteiger partial charge in [-0.1, -0.05) is 12.1 Å². The van der Waals surface area contributed by atoms with E-state index in [0.29, 0.717) is 22.2 Å². The zero-order valence-electron chi connectivity index (χ0n) is 14.0. The Labute approximate surface area is 148 Å². The number of anilines is 1. The Balaban J connectivity index is 1.93. The van der Waals surface area contributed by atoms with Gasteiger partial charge in [0.25, 0.3) is 11.7 Å².